The molecule has 0 aliphatic carbocycles. The molecule has 0 saturated carbocycles. The Hall–Kier alpha value is 0.0900. The molecule has 7 heavy (non-hydrogen) atoms. The topological polar surface area (TPSA) is 27.0 Å². The summed E-state index contributed by atoms with van der Waals surface area (Å²) in [5.41, 5.74) is 0. The van der Waals surface area contributed by atoms with Gasteiger partial charge in [0, 0.05) is 11.2 Å². The molecule has 2 nitrogen and oxygen atoms in total. The molecule has 0 aromatic carbocycles. The highest BCUT2D eigenvalue weighted by Crippen LogP contribution is 2.08. The van der Waals surface area contributed by atoms with E-state index in [1.807, 2.05) is 6.07 Å². The van der Waals surface area contributed by atoms with Crippen LogP contribution in [0.5, 0.6) is 0 Å². The van der Waals surface area contributed by atoms with Crippen LogP contribution in [0.4, 0.5) is 0 Å². The molecule has 40 valence electrons. The summed E-state index contributed by atoms with van der Waals surface area (Å²) in [4.78, 5) is 0. The summed E-state index contributed by atoms with van der Waals surface area (Å²) in [7, 11) is 6.97. The van der Waals surface area contributed by atoms with Gasteiger partial charge in [-0.25, -0.2) is 4.31 Å². The van der Waals surface area contributed by atoms with E-state index in [0.717, 1.165) is 11.2 Å². The first-order chi connectivity index (χ1) is 3.31. The van der Waals surface area contributed by atoms with Gasteiger partial charge in [-0.1, -0.05) is 0 Å². The van der Waals surface area contributed by atoms with E-state index in [1.54, 1.807) is 11.4 Å². The molecule has 0 aliphatic heterocycles. The molecule has 0 radical (unpaired) electrons. The fourth-order valence-corrected chi connectivity index (χ4v) is 0.377. The second kappa shape index (κ2) is 4.25. The lowest BCUT2D eigenvalue weighted by Crippen LogP contribution is -2.05. The molecule has 0 aliphatic rings. The lowest BCUT2D eigenvalue weighted by atomic mass is 10.7. The maximum atomic E-state index is 8.00. The standard InChI is InChI=1S/C3H5ClN2S/c1-6(7-4)3-2-5/h3H2,1H3. The smallest absolute Gasteiger partial charge is 0.0970 e. The predicted molar refractivity (Wildman–Crippen MR) is 31.7 cm³/mol. The zero-order chi connectivity index (χ0) is 5.70. The number of hydrogen-bond acceptors (Lipinski definition) is 3. The van der Waals surface area contributed by atoms with Crippen molar-refractivity contribution in [1.82, 2.24) is 4.31 Å². The van der Waals surface area contributed by atoms with Crippen molar-refractivity contribution in [1.29, 1.82) is 5.26 Å². The summed E-state index contributed by atoms with van der Waals surface area (Å²) in [6.45, 7) is 0.369. The summed E-state index contributed by atoms with van der Waals surface area (Å²) in [5.74, 6) is 0. The predicted octanol–water partition coefficient (Wildman–Crippen LogP) is 1.24. The van der Waals surface area contributed by atoms with Gasteiger partial charge in [-0.3, -0.25) is 0 Å². The van der Waals surface area contributed by atoms with Gasteiger partial charge in [0.1, 0.15) is 0 Å². The van der Waals surface area contributed by atoms with E-state index in [1.165, 1.54) is 0 Å². The largest absolute Gasteiger partial charge is 0.226 e. The maximum Gasteiger partial charge on any atom is 0.0970 e. The summed E-state index contributed by atoms with van der Waals surface area (Å²) in [5, 5.41) is 8.00. The van der Waals surface area contributed by atoms with Gasteiger partial charge in [0.15, 0.2) is 0 Å². The summed E-state index contributed by atoms with van der Waals surface area (Å²) >= 11 is 1.03. The van der Waals surface area contributed by atoms with Crippen LogP contribution < -0.4 is 0 Å². The summed E-state index contributed by atoms with van der Waals surface area (Å²) < 4.78 is 1.63. The Bertz CT molecular complexity index is 79.5. The van der Waals surface area contributed by atoms with Crippen molar-refractivity contribution in [2.75, 3.05) is 13.6 Å². The lowest BCUT2D eigenvalue weighted by Gasteiger charge is -2.01. The van der Waals surface area contributed by atoms with Crippen LogP contribution in [0.1, 0.15) is 0 Å². The Morgan fingerprint density at radius 1 is 2.00 bits per heavy atom. The van der Waals surface area contributed by atoms with Crippen LogP contribution in [0, 0.1) is 11.3 Å². The molecule has 0 amide bonds. The van der Waals surface area contributed by atoms with Crippen molar-refractivity contribution in [3.63, 3.8) is 0 Å². The van der Waals surface area contributed by atoms with E-state index in [-0.39, 0.29) is 0 Å². The molecule has 0 atom stereocenters. The van der Waals surface area contributed by atoms with Gasteiger partial charge in [-0.2, -0.15) is 5.26 Å². The van der Waals surface area contributed by atoms with E-state index >= 15 is 0 Å². The second-order valence-electron chi connectivity index (χ2n) is 1.01. The fourth-order valence-electron chi connectivity index (χ4n) is 0.124. The lowest BCUT2D eigenvalue weighted by molar-refractivity contribution is 0.649. The molecule has 0 heterocycles. The van der Waals surface area contributed by atoms with E-state index in [4.69, 9.17) is 15.9 Å². The number of hydrogen-bond donors (Lipinski definition) is 0. The van der Waals surface area contributed by atoms with Gasteiger partial charge in [0.2, 0.25) is 0 Å². The van der Waals surface area contributed by atoms with Crippen molar-refractivity contribution < 1.29 is 0 Å². The van der Waals surface area contributed by atoms with Crippen LogP contribution in [0.25, 0.3) is 0 Å². The van der Waals surface area contributed by atoms with Crippen molar-refractivity contribution in [2.24, 2.45) is 0 Å². The van der Waals surface area contributed by atoms with Crippen LogP contribution in [0.15, 0.2) is 0 Å². The molecule has 4 heteroatoms. The van der Waals surface area contributed by atoms with Crippen molar-refractivity contribution in [3.05, 3.63) is 0 Å². The maximum absolute atomic E-state index is 8.00. The van der Waals surface area contributed by atoms with Gasteiger partial charge < -0.3 is 0 Å². The monoisotopic (exact) mass is 136 g/mol. The Morgan fingerprint density at radius 3 is 2.71 bits per heavy atom. The third-order valence-electron chi connectivity index (χ3n) is 0.411. The molecular formula is C3H5ClN2S. The minimum absolute atomic E-state index is 0.369. The molecule has 0 N–H and O–H groups in total. The quantitative estimate of drug-likeness (QED) is 0.422. The SMILES string of the molecule is CN(CC#N)SCl. The van der Waals surface area contributed by atoms with E-state index in [2.05, 4.69) is 0 Å². The number of rotatable bonds is 2. The Labute approximate surface area is 51.7 Å². The molecule has 0 unspecified atom stereocenters. The van der Waals surface area contributed by atoms with E-state index in [9.17, 15) is 0 Å². The van der Waals surface area contributed by atoms with E-state index in [0.29, 0.717) is 6.54 Å². The Kier molecular flexibility index (Phi) is 4.31. The normalized spacial score (nSPS) is 8.86. The zero-order valence-electron chi connectivity index (χ0n) is 3.89. The van der Waals surface area contributed by atoms with E-state index < -0.39 is 0 Å². The summed E-state index contributed by atoms with van der Waals surface area (Å²) in [6, 6.07) is 1.94. The average molecular weight is 137 g/mol. The highest BCUT2D eigenvalue weighted by Gasteiger charge is 1.89. The molecule has 0 rings (SSSR count). The summed E-state index contributed by atoms with van der Waals surface area (Å²) in [6.07, 6.45) is 0. The number of nitrogens with zero attached hydrogens (tertiary/aromatic N) is 2. The van der Waals surface area contributed by atoms with Crippen LogP contribution in [0.2, 0.25) is 0 Å². The van der Waals surface area contributed by atoms with Crippen LogP contribution in [-0.4, -0.2) is 17.9 Å². The van der Waals surface area contributed by atoms with Crippen molar-refractivity contribution >= 4 is 21.8 Å². The van der Waals surface area contributed by atoms with Crippen LogP contribution >= 0.6 is 21.8 Å². The second-order valence-corrected chi connectivity index (χ2v) is 2.19. The molecule has 0 aromatic rings. The van der Waals surface area contributed by atoms with Crippen molar-refractivity contribution in [2.45, 2.75) is 0 Å². The third-order valence-corrected chi connectivity index (χ3v) is 1.48. The first kappa shape index (κ1) is 7.09. The van der Waals surface area contributed by atoms with Gasteiger partial charge in [-0.05, 0) is 17.7 Å². The molecule has 0 saturated heterocycles. The average Bonchev–Trinajstić information content (AvgIpc) is 1.68. The molecule has 0 aromatic heterocycles. The minimum Gasteiger partial charge on any atom is -0.226 e. The van der Waals surface area contributed by atoms with Gasteiger partial charge in [0.05, 0.1) is 12.6 Å². The molecular weight excluding hydrogens is 132 g/mol. The zero-order valence-corrected chi connectivity index (χ0v) is 5.46. The van der Waals surface area contributed by atoms with Gasteiger partial charge in [-0.15, -0.1) is 0 Å². The molecule has 0 fully saturated rings. The Balaban J connectivity index is 3.03. The van der Waals surface area contributed by atoms with Crippen LogP contribution in [0.3, 0.4) is 0 Å². The number of halogens is 1. The number of nitriles is 1. The highest BCUT2D eigenvalue weighted by atomic mass is 35.7. The van der Waals surface area contributed by atoms with Gasteiger partial charge in [0.25, 0.3) is 0 Å². The van der Waals surface area contributed by atoms with Crippen LogP contribution in [-0.2, 0) is 0 Å². The first-order valence-corrected chi connectivity index (χ1v) is 3.28. The minimum atomic E-state index is 0.369. The first-order valence-electron chi connectivity index (χ1n) is 1.68. The van der Waals surface area contributed by atoms with Gasteiger partial charge >= 0.3 is 0 Å². The third kappa shape index (κ3) is 3.93. The Morgan fingerprint density at radius 2 is 2.57 bits per heavy atom. The van der Waals surface area contributed by atoms with Crippen molar-refractivity contribution in [3.8, 4) is 6.07 Å². The highest BCUT2D eigenvalue weighted by molar-refractivity contribution is 8.19. The molecule has 0 bridgehead atoms. The fraction of sp³-hybridized carbons (Fsp3) is 0.667. The molecule has 0 spiro atoms.